The van der Waals surface area contributed by atoms with Gasteiger partial charge in [0.05, 0.1) is 33.4 Å². The second-order valence-corrected chi connectivity index (χ2v) is 8.56. The van der Waals surface area contributed by atoms with Crippen LogP contribution in [0.2, 0.25) is 0 Å². The number of carbonyl (C=O) groups excluding carboxylic acids is 2. The van der Waals surface area contributed by atoms with Gasteiger partial charge in [-0.3, -0.25) is 4.79 Å². The Morgan fingerprint density at radius 2 is 1.71 bits per heavy atom. The highest BCUT2D eigenvalue weighted by Gasteiger charge is 2.24. The number of hydrogen-bond acceptors (Lipinski definition) is 7. The Kier molecular flexibility index (Phi) is 8.54. The molecule has 0 saturated carbocycles. The van der Waals surface area contributed by atoms with Crippen molar-refractivity contribution in [2.45, 2.75) is 33.3 Å². The summed E-state index contributed by atoms with van der Waals surface area (Å²) in [7, 11) is 3.10. The molecule has 3 aromatic rings. The first-order valence-electron chi connectivity index (χ1n) is 10.9. The van der Waals surface area contributed by atoms with Crippen LogP contribution in [0, 0.1) is 0 Å². The molecule has 8 heteroatoms. The molecule has 0 aliphatic rings. The van der Waals surface area contributed by atoms with Gasteiger partial charge in [-0.05, 0) is 56.2 Å². The number of benzene rings is 2. The van der Waals surface area contributed by atoms with Crippen LogP contribution in [-0.2, 0) is 16.0 Å². The number of ether oxygens (including phenoxy) is 4. The van der Waals surface area contributed by atoms with Gasteiger partial charge in [0.1, 0.15) is 16.3 Å². The van der Waals surface area contributed by atoms with Gasteiger partial charge in [0.25, 0.3) is 0 Å². The van der Waals surface area contributed by atoms with Gasteiger partial charge < -0.3 is 24.3 Å². The van der Waals surface area contributed by atoms with E-state index in [0.717, 1.165) is 16.9 Å². The molecule has 0 aliphatic heterocycles. The van der Waals surface area contributed by atoms with E-state index in [-0.39, 0.29) is 18.4 Å². The maximum Gasteiger partial charge on any atom is 0.342 e. The first-order valence-corrected chi connectivity index (χ1v) is 11.8. The highest BCUT2D eigenvalue weighted by Crippen LogP contribution is 2.37. The molecule has 1 N–H and O–H groups in total. The lowest BCUT2D eigenvalue weighted by Gasteiger charge is -2.12. The topological polar surface area (TPSA) is 83.1 Å². The molecule has 0 saturated heterocycles. The van der Waals surface area contributed by atoms with Crippen LogP contribution in [0.5, 0.6) is 17.2 Å². The lowest BCUT2D eigenvalue weighted by atomic mass is 10.0. The van der Waals surface area contributed by atoms with Crippen LogP contribution < -0.4 is 19.5 Å². The molecule has 34 heavy (non-hydrogen) atoms. The van der Waals surface area contributed by atoms with Crippen molar-refractivity contribution >= 4 is 28.2 Å². The Morgan fingerprint density at radius 3 is 2.32 bits per heavy atom. The van der Waals surface area contributed by atoms with Crippen molar-refractivity contribution in [1.29, 1.82) is 0 Å². The fourth-order valence-electron chi connectivity index (χ4n) is 3.38. The maximum absolute atomic E-state index is 13.0. The monoisotopic (exact) mass is 483 g/mol. The fourth-order valence-corrected chi connectivity index (χ4v) is 4.36. The molecule has 0 fully saturated rings. The van der Waals surface area contributed by atoms with Crippen molar-refractivity contribution in [2.75, 3.05) is 26.1 Å². The molecule has 0 unspecified atom stereocenters. The van der Waals surface area contributed by atoms with Crippen molar-refractivity contribution in [3.8, 4) is 28.4 Å². The predicted molar refractivity (Wildman–Crippen MR) is 133 cm³/mol. The van der Waals surface area contributed by atoms with Crippen LogP contribution >= 0.6 is 11.3 Å². The summed E-state index contributed by atoms with van der Waals surface area (Å²) in [6, 6.07) is 12.8. The molecule has 180 valence electrons. The van der Waals surface area contributed by atoms with Gasteiger partial charge in [-0.15, -0.1) is 11.3 Å². The van der Waals surface area contributed by atoms with Gasteiger partial charge >= 0.3 is 5.97 Å². The van der Waals surface area contributed by atoms with Crippen LogP contribution in [-0.4, -0.2) is 38.8 Å². The number of thiophene rings is 1. The number of rotatable bonds is 10. The van der Waals surface area contributed by atoms with E-state index in [2.05, 4.69) is 5.32 Å². The van der Waals surface area contributed by atoms with Gasteiger partial charge in [-0.1, -0.05) is 18.2 Å². The smallest absolute Gasteiger partial charge is 0.342 e. The van der Waals surface area contributed by atoms with E-state index >= 15 is 0 Å². The molecule has 2 aromatic carbocycles. The Hall–Kier alpha value is -3.52. The van der Waals surface area contributed by atoms with E-state index in [1.165, 1.54) is 11.3 Å². The zero-order valence-electron chi connectivity index (χ0n) is 20.0. The van der Waals surface area contributed by atoms with Gasteiger partial charge in [0.2, 0.25) is 5.91 Å². The summed E-state index contributed by atoms with van der Waals surface area (Å²) in [6.07, 6.45) is -0.189. The van der Waals surface area contributed by atoms with E-state index in [1.807, 2.05) is 36.6 Å². The van der Waals surface area contributed by atoms with Crippen molar-refractivity contribution < 1.29 is 28.5 Å². The molecule has 0 radical (unpaired) electrons. The van der Waals surface area contributed by atoms with E-state index in [4.69, 9.17) is 18.9 Å². The summed E-state index contributed by atoms with van der Waals surface area (Å²) in [6.45, 7) is 6.07. The minimum absolute atomic E-state index is 0.106. The summed E-state index contributed by atoms with van der Waals surface area (Å²) in [5.41, 5.74) is 2.61. The number of anilines is 1. The minimum atomic E-state index is -0.485. The second-order valence-electron chi connectivity index (χ2n) is 7.68. The average molecular weight is 484 g/mol. The SMILES string of the molecule is CCOc1ccc(-c2csc(NC(=O)Cc3ccc(OC)c(OC)c3)c2C(=O)OC(C)C)cc1. The summed E-state index contributed by atoms with van der Waals surface area (Å²) in [5.74, 6) is 1.13. The third-order valence-corrected chi connectivity index (χ3v) is 5.78. The third kappa shape index (κ3) is 6.08. The lowest BCUT2D eigenvalue weighted by molar-refractivity contribution is -0.115. The Bertz CT molecular complexity index is 1140. The van der Waals surface area contributed by atoms with E-state index in [1.54, 1.807) is 46.3 Å². The van der Waals surface area contributed by atoms with Gasteiger partial charge in [-0.2, -0.15) is 0 Å². The second kappa shape index (κ2) is 11.6. The Balaban J connectivity index is 1.87. The zero-order valence-corrected chi connectivity index (χ0v) is 20.8. The maximum atomic E-state index is 13.0. The molecule has 0 atom stereocenters. The zero-order chi connectivity index (χ0) is 24.7. The average Bonchev–Trinajstić information content (AvgIpc) is 3.22. The van der Waals surface area contributed by atoms with Crippen LogP contribution in [0.3, 0.4) is 0 Å². The number of nitrogens with one attached hydrogen (secondary N) is 1. The number of carbonyl (C=O) groups is 2. The highest BCUT2D eigenvalue weighted by atomic mass is 32.1. The number of esters is 1. The van der Waals surface area contributed by atoms with Crippen LogP contribution in [0.4, 0.5) is 5.00 Å². The first-order chi connectivity index (χ1) is 16.4. The van der Waals surface area contributed by atoms with Gasteiger partial charge in [-0.25, -0.2) is 4.79 Å². The molecule has 0 bridgehead atoms. The molecule has 3 rings (SSSR count). The molecular weight excluding hydrogens is 454 g/mol. The first kappa shape index (κ1) is 25.1. The van der Waals surface area contributed by atoms with Crippen molar-refractivity contribution in [3.05, 3.63) is 59.0 Å². The highest BCUT2D eigenvalue weighted by molar-refractivity contribution is 7.15. The summed E-state index contributed by atoms with van der Waals surface area (Å²) in [5, 5.41) is 5.17. The van der Waals surface area contributed by atoms with Crippen molar-refractivity contribution in [2.24, 2.45) is 0 Å². The Morgan fingerprint density at radius 1 is 1.00 bits per heavy atom. The van der Waals surface area contributed by atoms with E-state index in [9.17, 15) is 9.59 Å². The van der Waals surface area contributed by atoms with Crippen molar-refractivity contribution in [1.82, 2.24) is 0 Å². The molecule has 1 aromatic heterocycles. The third-order valence-electron chi connectivity index (χ3n) is 4.88. The molecule has 0 spiro atoms. The fraction of sp³-hybridized carbons (Fsp3) is 0.308. The van der Waals surface area contributed by atoms with E-state index < -0.39 is 5.97 Å². The molecule has 1 heterocycles. The molecule has 7 nitrogen and oxygen atoms in total. The normalized spacial score (nSPS) is 10.6. The van der Waals surface area contributed by atoms with E-state index in [0.29, 0.717) is 34.2 Å². The summed E-state index contributed by atoms with van der Waals surface area (Å²) >= 11 is 1.28. The van der Waals surface area contributed by atoms with Crippen LogP contribution in [0.1, 0.15) is 36.7 Å². The largest absolute Gasteiger partial charge is 0.494 e. The molecule has 0 aliphatic carbocycles. The predicted octanol–water partition coefficient (Wildman–Crippen LogP) is 5.58. The van der Waals surface area contributed by atoms with Crippen molar-refractivity contribution in [3.63, 3.8) is 0 Å². The minimum Gasteiger partial charge on any atom is -0.494 e. The quantitative estimate of drug-likeness (QED) is 0.379. The van der Waals surface area contributed by atoms with Crippen LogP contribution in [0.15, 0.2) is 47.8 Å². The van der Waals surface area contributed by atoms with Crippen LogP contribution in [0.25, 0.3) is 11.1 Å². The number of amides is 1. The number of methoxy groups -OCH3 is 2. The van der Waals surface area contributed by atoms with Gasteiger partial charge in [0, 0.05) is 10.9 Å². The standard InChI is InChI=1S/C26H29NO6S/c1-6-32-19-10-8-18(9-11-19)20-15-34-25(24(20)26(29)33-16(2)3)27-23(28)14-17-7-12-21(30-4)22(13-17)31-5/h7-13,15-16H,6,14H2,1-5H3,(H,27,28). The summed E-state index contributed by atoms with van der Waals surface area (Å²) in [4.78, 5) is 25.8. The van der Waals surface area contributed by atoms with Gasteiger partial charge in [0.15, 0.2) is 11.5 Å². The Labute approximate surface area is 203 Å². The molecule has 1 amide bonds. The lowest BCUT2D eigenvalue weighted by Crippen LogP contribution is -2.18. The summed E-state index contributed by atoms with van der Waals surface area (Å²) < 4.78 is 21.5. The molecular formula is C26H29NO6S. The number of hydrogen-bond donors (Lipinski definition) is 1.